The lowest BCUT2D eigenvalue weighted by Crippen LogP contribution is -2.43. The molecule has 1 saturated carbocycles. The van der Waals surface area contributed by atoms with E-state index in [1.165, 1.54) is 31.7 Å². The van der Waals surface area contributed by atoms with Crippen molar-refractivity contribution in [2.24, 2.45) is 5.92 Å². The number of nitrogens with one attached hydrogen (secondary N) is 1. The van der Waals surface area contributed by atoms with Crippen molar-refractivity contribution in [1.29, 1.82) is 0 Å². The van der Waals surface area contributed by atoms with Gasteiger partial charge in [-0.1, -0.05) is 19.8 Å². The van der Waals surface area contributed by atoms with Crippen molar-refractivity contribution < 1.29 is 24.2 Å². The molecule has 0 bridgehead atoms. The zero-order valence-electron chi connectivity index (χ0n) is 13.5. The molecule has 1 aromatic rings. The fourth-order valence-electron chi connectivity index (χ4n) is 2.84. The summed E-state index contributed by atoms with van der Waals surface area (Å²) in [6.45, 7) is 2.03. The van der Waals surface area contributed by atoms with Crippen LogP contribution in [0.25, 0.3) is 0 Å². The van der Waals surface area contributed by atoms with Crippen LogP contribution in [0.4, 0.5) is 0 Å². The van der Waals surface area contributed by atoms with Gasteiger partial charge in [-0.25, -0.2) is 4.79 Å². The first-order valence-corrected chi connectivity index (χ1v) is 7.84. The maximum Gasteiger partial charge on any atom is 0.335 e. The topological polar surface area (TPSA) is 84.9 Å². The molecule has 0 aromatic heterocycles. The van der Waals surface area contributed by atoms with E-state index in [0.717, 1.165) is 19.3 Å². The molecule has 0 spiro atoms. The molecule has 1 aliphatic carbocycles. The molecule has 2 atom stereocenters. The predicted octanol–water partition coefficient (Wildman–Crippen LogP) is 2.47. The monoisotopic (exact) mass is 321 g/mol. The minimum Gasteiger partial charge on any atom is -0.493 e. The van der Waals surface area contributed by atoms with Crippen LogP contribution in [0.1, 0.15) is 43.0 Å². The number of amides is 1. The second kappa shape index (κ2) is 7.85. The average Bonchev–Trinajstić information content (AvgIpc) is 2.54. The molecule has 0 heterocycles. The van der Waals surface area contributed by atoms with Gasteiger partial charge in [0.2, 0.25) is 0 Å². The molecular formula is C17H23NO5. The Kier molecular flexibility index (Phi) is 5.84. The number of ether oxygens (including phenoxy) is 2. The zero-order valence-corrected chi connectivity index (χ0v) is 13.5. The van der Waals surface area contributed by atoms with E-state index >= 15 is 0 Å². The van der Waals surface area contributed by atoms with Gasteiger partial charge in [0, 0.05) is 6.04 Å². The quantitative estimate of drug-likeness (QED) is 0.841. The number of benzene rings is 1. The lowest BCUT2D eigenvalue weighted by molar-refractivity contribution is -0.124. The summed E-state index contributed by atoms with van der Waals surface area (Å²) in [5, 5.41) is 12.0. The highest BCUT2D eigenvalue weighted by Crippen LogP contribution is 2.28. The zero-order chi connectivity index (χ0) is 16.8. The summed E-state index contributed by atoms with van der Waals surface area (Å²) in [5.74, 6) is -0.0860. The van der Waals surface area contributed by atoms with Crippen LogP contribution < -0.4 is 14.8 Å². The van der Waals surface area contributed by atoms with E-state index in [0.29, 0.717) is 17.4 Å². The Labute approximate surface area is 135 Å². The van der Waals surface area contributed by atoms with Crippen molar-refractivity contribution >= 4 is 11.9 Å². The molecule has 1 fully saturated rings. The number of hydrogen-bond acceptors (Lipinski definition) is 4. The minimum atomic E-state index is -1.04. The Bertz CT molecular complexity index is 572. The van der Waals surface area contributed by atoms with E-state index in [2.05, 4.69) is 12.2 Å². The third kappa shape index (κ3) is 4.61. The van der Waals surface area contributed by atoms with Gasteiger partial charge in [0.1, 0.15) is 0 Å². The molecule has 1 aromatic carbocycles. The summed E-state index contributed by atoms with van der Waals surface area (Å²) >= 11 is 0. The lowest BCUT2D eigenvalue weighted by Gasteiger charge is -2.29. The highest BCUT2D eigenvalue weighted by molar-refractivity contribution is 5.88. The average molecular weight is 321 g/mol. The summed E-state index contributed by atoms with van der Waals surface area (Å²) in [4.78, 5) is 23.0. The second-order valence-corrected chi connectivity index (χ2v) is 5.90. The third-order valence-corrected chi connectivity index (χ3v) is 4.23. The van der Waals surface area contributed by atoms with Crippen molar-refractivity contribution in [2.75, 3.05) is 13.7 Å². The standard InChI is InChI=1S/C17H23NO5/c1-11-5-3-4-6-13(11)18-16(19)10-23-14-8-7-12(17(20)21)9-15(14)22-2/h7-9,11,13H,3-6,10H2,1-2H3,(H,18,19)(H,20,21)/t11-,13-/m1/s1. The SMILES string of the molecule is COc1cc(C(=O)O)ccc1OCC(=O)N[C@@H]1CCCC[C@H]1C. The number of methoxy groups -OCH3 is 1. The second-order valence-electron chi connectivity index (χ2n) is 5.90. The molecule has 6 nitrogen and oxygen atoms in total. The van der Waals surface area contributed by atoms with Crippen molar-refractivity contribution in [2.45, 2.75) is 38.6 Å². The van der Waals surface area contributed by atoms with Crippen LogP contribution >= 0.6 is 0 Å². The molecule has 2 rings (SSSR count). The number of aromatic carboxylic acids is 1. The first-order chi connectivity index (χ1) is 11.0. The maximum atomic E-state index is 12.0. The molecule has 1 amide bonds. The highest BCUT2D eigenvalue weighted by Gasteiger charge is 2.23. The number of hydrogen-bond donors (Lipinski definition) is 2. The van der Waals surface area contributed by atoms with E-state index in [-0.39, 0.29) is 24.1 Å². The van der Waals surface area contributed by atoms with Crippen LogP contribution in [0.15, 0.2) is 18.2 Å². The van der Waals surface area contributed by atoms with Gasteiger partial charge in [-0.2, -0.15) is 0 Å². The van der Waals surface area contributed by atoms with Gasteiger partial charge in [0.25, 0.3) is 5.91 Å². The normalized spacial score (nSPS) is 20.6. The van der Waals surface area contributed by atoms with Gasteiger partial charge >= 0.3 is 5.97 Å². The summed E-state index contributed by atoms with van der Waals surface area (Å²) in [6.07, 6.45) is 4.50. The van der Waals surface area contributed by atoms with Gasteiger partial charge in [0.15, 0.2) is 18.1 Å². The number of carbonyl (C=O) groups is 2. The van der Waals surface area contributed by atoms with E-state index in [4.69, 9.17) is 14.6 Å². The number of rotatable bonds is 6. The molecule has 0 unspecified atom stereocenters. The molecule has 0 radical (unpaired) electrons. The Balaban J connectivity index is 1.92. The Morgan fingerprint density at radius 3 is 2.65 bits per heavy atom. The molecule has 0 saturated heterocycles. The van der Waals surface area contributed by atoms with Crippen LogP contribution in [0.2, 0.25) is 0 Å². The van der Waals surface area contributed by atoms with Crippen LogP contribution in [-0.2, 0) is 4.79 Å². The van der Waals surface area contributed by atoms with Gasteiger partial charge < -0.3 is 19.9 Å². The first kappa shape index (κ1) is 17.1. The Morgan fingerprint density at radius 2 is 2.00 bits per heavy atom. The summed E-state index contributed by atoms with van der Waals surface area (Å²) < 4.78 is 10.6. The molecule has 126 valence electrons. The van der Waals surface area contributed by atoms with Gasteiger partial charge in [0.05, 0.1) is 12.7 Å². The molecule has 23 heavy (non-hydrogen) atoms. The van der Waals surface area contributed by atoms with Gasteiger partial charge in [-0.3, -0.25) is 4.79 Å². The highest BCUT2D eigenvalue weighted by atomic mass is 16.5. The van der Waals surface area contributed by atoms with Crippen LogP contribution in [0, 0.1) is 5.92 Å². The minimum absolute atomic E-state index is 0.106. The van der Waals surface area contributed by atoms with Crippen molar-refractivity contribution in [3.8, 4) is 11.5 Å². The summed E-state index contributed by atoms with van der Waals surface area (Å²) in [7, 11) is 1.43. The number of carbonyl (C=O) groups excluding carboxylic acids is 1. The smallest absolute Gasteiger partial charge is 0.335 e. The largest absolute Gasteiger partial charge is 0.493 e. The predicted molar refractivity (Wildman–Crippen MR) is 85.0 cm³/mol. The van der Waals surface area contributed by atoms with Crippen LogP contribution in [0.5, 0.6) is 11.5 Å². The van der Waals surface area contributed by atoms with Crippen molar-refractivity contribution in [3.63, 3.8) is 0 Å². The van der Waals surface area contributed by atoms with Gasteiger partial charge in [-0.05, 0) is 37.0 Å². The molecule has 6 heteroatoms. The fraction of sp³-hybridized carbons (Fsp3) is 0.529. The van der Waals surface area contributed by atoms with Gasteiger partial charge in [-0.15, -0.1) is 0 Å². The first-order valence-electron chi connectivity index (χ1n) is 7.84. The fourth-order valence-corrected chi connectivity index (χ4v) is 2.84. The third-order valence-electron chi connectivity index (χ3n) is 4.23. The Hall–Kier alpha value is -2.24. The van der Waals surface area contributed by atoms with Crippen molar-refractivity contribution in [1.82, 2.24) is 5.32 Å². The molecule has 0 aliphatic heterocycles. The van der Waals surface area contributed by atoms with E-state index in [1.807, 2.05) is 0 Å². The lowest BCUT2D eigenvalue weighted by atomic mass is 9.86. The Morgan fingerprint density at radius 1 is 1.26 bits per heavy atom. The maximum absolute atomic E-state index is 12.0. The van der Waals surface area contributed by atoms with E-state index < -0.39 is 5.97 Å². The molecular weight excluding hydrogens is 298 g/mol. The van der Waals surface area contributed by atoms with Crippen LogP contribution in [0.3, 0.4) is 0 Å². The van der Waals surface area contributed by atoms with Crippen molar-refractivity contribution in [3.05, 3.63) is 23.8 Å². The van der Waals surface area contributed by atoms with E-state index in [1.54, 1.807) is 0 Å². The van der Waals surface area contributed by atoms with Crippen LogP contribution in [-0.4, -0.2) is 36.7 Å². The number of carboxylic acids is 1. The molecule has 2 N–H and O–H groups in total. The molecule has 1 aliphatic rings. The van der Waals surface area contributed by atoms with E-state index in [9.17, 15) is 9.59 Å². The number of carboxylic acid groups (broad SMARTS) is 1. The summed E-state index contributed by atoms with van der Waals surface area (Å²) in [5.41, 5.74) is 0.106. The summed E-state index contributed by atoms with van der Waals surface area (Å²) in [6, 6.07) is 4.50.